The van der Waals surface area contributed by atoms with Crippen LogP contribution in [-0.2, 0) is 14.8 Å². The summed E-state index contributed by atoms with van der Waals surface area (Å²) in [6, 6.07) is 12.5. The van der Waals surface area contributed by atoms with Crippen LogP contribution >= 0.6 is 0 Å². The van der Waals surface area contributed by atoms with Crippen molar-refractivity contribution in [2.75, 3.05) is 13.1 Å². The molecule has 7 heteroatoms. The number of nitrogens with zero attached hydrogens (tertiary/aromatic N) is 1. The van der Waals surface area contributed by atoms with Gasteiger partial charge in [0.25, 0.3) is 0 Å². The lowest BCUT2D eigenvalue weighted by atomic mass is 10.0. The summed E-state index contributed by atoms with van der Waals surface area (Å²) in [6.45, 7) is 6.58. The van der Waals surface area contributed by atoms with E-state index in [2.05, 4.69) is 4.72 Å². The first-order valence-electron chi connectivity index (χ1n) is 10.6. The Kier molecular flexibility index (Phi) is 7.28. The molecule has 2 aromatic carbocycles. The van der Waals surface area contributed by atoms with Crippen LogP contribution in [0.3, 0.4) is 0 Å². The number of benzene rings is 2. The molecule has 0 radical (unpaired) electrons. The highest BCUT2D eigenvalue weighted by Crippen LogP contribution is 2.20. The Balaban J connectivity index is 1.49. The normalized spacial score (nSPS) is 15.1. The number of piperidine rings is 1. The molecule has 0 aliphatic carbocycles. The fourth-order valence-corrected chi connectivity index (χ4v) is 5.42. The lowest BCUT2D eigenvalue weighted by molar-refractivity contribution is -0.132. The number of carbonyl (C=O) groups excluding carboxylic acids is 2. The molecule has 1 fully saturated rings. The topological polar surface area (TPSA) is 83.6 Å². The average molecular weight is 443 g/mol. The molecule has 0 aromatic heterocycles. The van der Waals surface area contributed by atoms with Crippen LogP contribution < -0.4 is 4.72 Å². The fraction of sp³-hybridized carbons (Fsp3) is 0.417. The minimum Gasteiger partial charge on any atom is -0.343 e. The van der Waals surface area contributed by atoms with E-state index in [1.807, 2.05) is 38.1 Å². The molecule has 1 amide bonds. The van der Waals surface area contributed by atoms with Gasteiger partial charge in [-0.25, -0.2) is 13.1 Å². The second kappa shape index (κ2) is 9.75. The standard InChI is InChI=1S/C24H30N2O4S/c1-17-5-8-20(9-6-17)22(27)10-11-24(28)26-14-12-21(13-15-26)25-31(29,30)23-16-18(2)4-7-19(23)3/h4-9,16,21,25H,10-15H2,1-3H3. The summed E-state index contributed by atoms with van der Waals surface area (Å²) in [4.78, 5) is 26.8. The number of Topliss-reactive ketones (excluding diaryl/α,β-unsaturated/α-hetero) is 1. The minimum atomic E-state index is -3.60. The number of likely N-dealkylation sites (tertiary alicyclic amines) is 1. The zero-order valence-electron chi connectivity index (χ0n) is 18.3. The van der Waals surface area contributed by atoms with Gasteiger partial charge in [-0.05, 0) is 50.8 Å². The van der Waals surface area contributed by atoms with Crippen LogP contribution in [0.2, 0.25) is 0 Å². The highest BCUT2D eigenvalue weighted by molar-refractivity contribution is 7.89. The van der Waals surface area contributed by atoms with Crippen LogP contribution in [0.15, 0.2) is 47.4 Å². The van der Waals surface area contributed by atoms with E-state index in [1.54, 1.807) is 30.0 Å². The second-order valence-electron chi connectivity index (χ2n) is 8.33. The number of ketones is 1. The summed E-state index contributed by atoms with van der Waals surface area (Å²) in [5.74, 6) is -0.0965. The first-order chi connectivity index (χ1) is 14.7. The number of hydrogen-bond acceptors (Lipinski definition) is 4. The zero-order chi connectivity index (χ0) is 22.6. The minimum absolute atomic E-state index is 0.0375. The van der Waals surface area contributed by atoms with Gasteiger partial charge in [-0.1, -0.05) is 42.0 Å². The summed E-state index contributed by atoms with van der Waals surface area (Å²) in [6.07, 6.45) is 1.47. The molecule has 0 bridgehead atoms. The summed E-state index contributed by atoms with van der Waals surface area (Å²) in [7, 11) is -3.60. The predicted octanol–water partition coefficient (Wildman–Crippen LogP) is 3.54. The molecule has 1 heterocycles. The van der Waals surface area contributed by atoms with E-state index >= 15 is 0 Å². The fourth-order valence-electron chi connectivity index (χ4n) is 3.79. The van der Waals surface area contributed by atoms with Crippen LogP contribution in [0.5, 0.6) is 0 Å². The second-order valence-corrected chi connectivity index (χ2v) is 10.0. The third-order valence-corrected chi connectivity index (χ3v) is 7.40. The third-order valence-electron chi connectivity index (χ3n) is 5.74. The molecule has 0 spiro atoms. The molecule has 1 aliphatic heterocycles. The van der Waals surface area contributed by atoms with Crippen molar-refractivity contribution in [3.63, 3.8) is 0 Å². The Bertz CT molecular complexity index is 1050. The summed E-state index contributed by atoms with van der Waals surface area (Å²) in [5, 5.41) is 0. The van der Waals surface area contributed by atoms with Gasteiger partial charge >= 0.3 is 0 Å². The van der Waals surface area contributed by atoms with Gasteiger partial charge < -0.3 is 4.90 Å². The number of nitrogens with one attached hydrogen (secondary N) is 1. The molecule has 2 aromatic rings. The molecule has 166 valence electrons. The Hall–Kier alpha value is -2.51. The Morgan fingerprint density at radius 1 is 0.935 bits per heavy atom. The molecule has 0 saturated carbocycles. The lowest BCUT2D eigenvalue weighted by Gasteiger charge is -2.32. The van der Waals surface area contributed by atoms with Crippen LogP contribution in [0.4, 0.5) is 0 Å². The van der Waals surface area contributed by atoms with Crippen LogP contribution in [0, 0.1) is 20.8 Å². The largest absolute Gasteiger partial charge is 0.343 e. The van der Waals surface area contributed by atoms with Gasteiger partial charge in [0, 0.05) is 37.5 Å². The van der Waals surface area contributed by atoms with E-state index in [0.29, 0.717) is 42.0 Å². The quantitative estimate of drug-likeness (QED) is 0.665. The third kappa shape index (κ3) is 6.02. The number of carbonyl (C=O) groups is 2. The van der Waals surface area contributed by atoms with Gasteiger partial charge in [-0.3, -0.25) is 9.59 Å². The maximum Gasteiger partial charge on any atom is 0.241 e. The van der Waals surface area contributed by atoms with E-state index in [-0.39, 0.29) is 30.6 Å². The van der Waals surface area contributed by atoms with E-state index < -0.39 is 10.0 Å². The SMILES string of the molecule is Cc1ccc(C(=O)CCC(=O)N2CCC(NS(=O)(=O)c3cc(C)ccc3C)CC2)cc1. The van der Waals surface area contributed by atoms with Crippen molar-refractivity contribution in [1.82, 2.24) is 9.62 Å². The Morgan fingerprint density at radius 3 is 2.19 bits per heavy atom. The van der Waals surface area contributed by atoms with Crippen molar-refractivity contribution in [3.05, 3.63) is 64.7 Å². The average Bonchev–Trinajstić information content (AvgIpc) is 2.74. The smallest absolute Gasteiger partial charge is 0.241 e. The van der Waals surface area contributed by atoms with E-state index in [9.17, 15) is 18.0 Å². The van der Waals surface area contributed by atoms with Gasteiger partial charge in [0.15, 0.2) is 5.78 Å². The van der Waals surface area contributed by atoms with Crippen molar-refractivity contribution in [2.24, 2.45) is 0 Å². The highest BCUT2D eigenvalue weighted by Gasteiger charge is 2.27. The molecule has 1 saturated heterocycles. The van der Waals surface area contributed by atoms with Crippen LogP contribution in [0.1, 0.15) is 52.7 Å². The van der Waals surface area contributed by atoms with Crippen molar-refractivity contribution in [2.45, 2.75) is 57.4 Å². The van der Waals surface area contributed by atoms with Gasteiger partial charge in [-0.15, -0.1) is 0 Å². The molecule has 1 N–H and O–H groups in total. The number of sulfonamides is 1. The van der Waals surface area contributed by atoms with Crippen molar-refractivity contribution in [3.8, 4) is 0 Å². The van der Waals surface area contributed by atoms with Crippen molar-refractivity contribution >= 4 is 21.7 Å². The summed E-state index contributed by atoms with van der Waals surface area (Å²) < 4.78 is 28.4. The van der Waals surface area contributed by atoms with Crippen LogP contribution in [0.25, 0.3) is 0 Å². The first-order valence-corrected chi connectivity index (χ1v) is 12.1. The van der Waals surface area contributed by atoms with Crippen LogP contribution in [-0.4, -0.2) is 44.1 Å². The van der Waals surface area contributed by atoms with Gasteiger partial charge in [0.05, 0.1) is 4.90 Å². The van der Waals surface area contributed by atoms with E-state index in [0.717, 1.165) is 11.1 Å². The summed E-state index contributed by atoms with van der Waals surface area (Å²) in [5.41, 5.74) is 3.32. The van der Waals surface area contributed by atoms with Crippen molar-refractivity contribution in [1.29, 1.82) is 0 Å². The number of aryl methyl sites for hydroxylation is 3. The lowest BCUT2D eigenvalue weighted by Crippen LogP contribution is -2.46. The Labute approximate surface area is 184 Å². The molecule has 31 heavy (non-hydrogen) atoms. The molecular formula is C24H30N2O4S. The number of rotatable bonds is 7. The van der Waals surface area contributed by atoms with Crippen molar-refractivity contribution < 1.29 is 18.0 Å². The van der Waals surface area contributed by atoms with Gasteiger partial charge in [0.2, 0.25) is 15.9 Å². The Morgan fingerprint density at radius 2 is 1.55 bits per heavy atom. The summed E-state index contributed by atoms with van der Waals surface area (Å²) >= 11 is 0. The first kappa shape index (κ1) is 23.2. The molecule has 0 unspecified atom stereocenters. The molecule has 3 rings (SSSR count). The molecule has 1 aliphatic rings. The van der Waals surface area contributed by atoms with Gasteiger partial charge in [0.1, 0.15) is 0 Å². The number of amides is 1. The highest BCUT2D eigenvalue weighted by atomic mass is 32.2. The maximum atomic E-state index is 12.8. The van der Waals surface area contributed by atoms with E-state index in [4.69, 9.17) is 0 Å². The molecular weight excluding hydrogens is 412 g/mol. The van der Waals surface area contributed by atoms with E-state index in [1.165, 1.54) is 0 Å². The molecule has 6 nitrogen and oxygen atoms in total. The van der Waals surface area contributed by atoms with Gasteiger partial charge in [-0.2, -0.15) is 0 Å². The number of hydrogen-bond donors (Lipinski definition) is 1. The maximum absolute atomic E-state index is 12.8. The predicted molar refractivity (Wildman–Crippen MR) is 121 cm³/mol. The monoisotopic (exact) mass is 442 g/mol. The zero-order valence-corrected chi connectivity index (χ0v) is 19.2. The molecule has 0 atom stereocenters.